The van der Waals surface area contributed by atoms with Crippen LogP contribution in [0.15, 0.2) is 35.2 Å². The van der Waals surface area contributed by atoms with E-state index >= 15 is 0 Å². The highest BCUT2D eigenvalue weighted by Crippen LogP contribution is 2.29. The molecule has 0 spiro atoms. The normalized spacial score (nSPS) is 16.0. The summed E-state index contributed by atoms with van der Waals surface area (Å²) in [4.78, 5) is 16.6. The summed E-state index contributed by atoms with van der Waals surface area (Å²) in [5, 5.41) is 5.36. The Morgan fingerprint density at radius 2 is 1.71 bits per heavy atom. The molecule has 0 radical (unpaired) electrons. The zero-order valence-electron chi connectivity index (χ0n) is 16.0. The van der Waals surface area contributed by atoms with Gasteiger partial charge in [-0.05, 0) is 32.0 Å². The van der Waals surface area contributed by atoms with Gasteiger partial charge in [0.2, 0.25) is 10.0 Å². The Morgan fingerprint density at radius 3 is 2.32 bits per heavy atom. The number of benzene rings is 1. The Balaban J connectivity index is 1.48. The van der Waals surface area contributed by atoms with Gasteiger partial charge < -0.3 is 4.90 Å². The second-order valence-corrected chi connectivity index (χ2v) is 10.0. The Bertz CT molecular complexity index is 1100. The van der Waals surface area contributed by atoms with E-state index in [1.165, 1.54) is 15.6 Å². The Morgan fingerprint density at radius 1 is 1.07 bits per heavy atom. The quantitative estimate of drug-likeness (QED) is 0.655. The van der Waals surface area contributed by atoms with Crippen molar-refractivity contribution in [2.24, 2.45) is 7.05 Å². The van der Waals surface area contributed by atoms with Crippen LogP contribution in [-0.2, 0) is 17.1 Å². The second-order valence-electron chi connectivity index (χ2n) is 7.05. The van der Waals surface area contributed by atoms with Crippen molar-refractivity contribution in [2.45, 2.75) is 18.7 Å². The Hall–Kier alpha value is -2.23. The minimum Gasteiger partial charge on any atom is -0.335 e. The lowest BCUT2D eigenvalue weighted by Crippen LogP contribution is -2.50. The summed E-state index contributed by atoms with van der Waals surface area (Å²) in [6.45, 7) is 5.22. The summed E-state index contributed by atoms with van der Waals surface area (Å²) < 4.78 is 28.9. The Labute approximate surface area is 168 Å². The van der Waals surface area contributed by atoms with Crippen molar-refractivity contribution in [1.29, 1.82) is 0 Å². The molecule has 7 nitrogen and oxygen atoms in total. The van der Waals surface area contributed by atoms with Gasteiger partial charge in [-0.15, -0.1) is 11.3 Å². The van der Waals surface area contributed by atoms with E-state index in [1.54, 1.807) is 33.8 Å². The van der Waals surface area contributed by atoms with Gasteiger partial charge in [0, 0.05) is 38.6 Å². The van der Waals surface area contributed by atoms with Crippen LogP contribution in [0.25, 0.3) is 10.2 Å². The molecule has 1 amide bonds. The van der Waals surface area contributed by atoms with E-state index in [4.69, 9.17) is 0 Å². The van der Waals surface area contributed by atoms with Crippen LogP contribution in [0.5, 0.6) is 0 Å². The summed E-state index contributed by atoms with van der Waals surface area (Å²) in [6, 6.07) is 8.75. The van der Waals surface area contributed by atoms with Gasteiger partial charge in [0.25, 0.3) is 5.91 Å². The lowest BCUT2D eigenvalue weighted by atomic mass is 10.2. The molecule has 0 saturated carbocycles. The number of aryl methyl sites for hydroxylation is 3. The maximum Gasteiger partial charge on any atom is 0.264 e. The van der Waals surface area contributed by atoms with Crippen molar-refractivity contribution in [3.05, 3.63) is 46.5 Å². The number of carbonyl (C=O) groups excluding carboxylic acids is 1. The molecular weight excluding hydrogens is 396 g/mol. The molecule has 1 aromatic carbocycles. The van der Waals surface area contributed by atoms with Crippen LogP contribution in [0.2, 0.25) is 0 Å². The maximum atomic E-state index is 12.9. The third kappa shape index (κ3) is 3.23. The number of piperazine rings is 1. The summed E-state index contributed by atoms with van der Waals surface area (Å²) in [5.41, 5.74) is 1.92. The third-order valence-electron chi connectivity index (χ3n) is 5.09. The first-order valence-electron chi connectivity index (χ1n) is 9.06. The van der Waals surface area contributed by atoms with Gasteiger partial charge >= 0.3 is 0 Å². The minimum absolute atomic E-state index is 0.0482. The minimum atomic E-state index is -3.53. The fraction of sp³-hybridized carbons (Fsp3) is 0.368. The topological polar surface area (TPSA) is 75.5 Å². The van der Waals surface area contributed by atoms with Crippen molar-refractivity contribution in [1.82, 2.24) is 19.0 Å². The van der Waals surface area contributed by atoms with E-state index in [0.717, 1.165) is 21.5 Å². The molecule has 1 fully saturated rings. The van der Waals surface area contributed by atoms with Gasteiger partial charge in [0.1, 0.15) is 4.83 Å². The van der Waals surface area contributed by atoms with E-state index in [9.17, 15) is 13.2 Å². The number of amides is 1. The SMILES string of the molecule is Cc1ccc(S(=O)(=O)N2CCN(C(=O)c3cc4c(C)nn(C)c4s3)CC2)cc1. The number of sulfonamides is 1. The maximum absolute atomic E-state index is 12.9. The largest absolute Gasteiger partial charge is 0.335 e. The molecule has 1 aliphatic heterocycles. The average Bonchev–Trinajstić information content (AvgIpc) is 3.23. The van der Waals surface area contributed by atoms with Crippen molar-refractivity contribution < 1.29 is 13.2 Å². The highest BCUT2D eigenvalue weighted by molar-refractivity contribution is 7.89. The van der Waals surface area contributed by atoms with Crippen molar-refractivity contribution in [2.75, 3.05) is 26.2 Å². The molecule has 0 N–H and O–H groups in total. The number of aromatic nitrogens is 2. The van der Waals surface area contributed by atoms with E-state index in [2.05, 4.69) is 5.10 Å². The van der Waals surface area contributed by atoms with Crippen molar-refractivity contribution >= 4 is 37.5 Å². The molecule has 2 aromatic heterocycles. The summed E-state index contributed by atoms with van der Waals surface area (Å²) in [5.74, 6) is -0.0482. The number of carbonyl (C=O) groups is 1. The summed E-state index contributed by atoms with van der Waals surface area (Å²) >= 11 is 1.43. The molecule has 0 unspecified atom stereocenters. The molecule has 1 saturated heterocycles. The predicted molar refractivity (Wildman–Crippen MR) is 109 cm³/mol. The van der Waals surface area contributed by atoms with Gasteiger partial charge in [-0.3, -0.25) is 9.48 Å². The van der Waals surface area contributed by atoms with E-state index in [-0.39, 0.29) is 5.91 Å². The third-order valence-corrected chi connectivity index (χ3v) is 8.19. The highest BCUT2D eigenvalue weighted by Gasteiger charge is 2.31. The average molecular weight is 419 g/mol. The number of hydrogen-bond acceptors (Lipinski definition) is 5. The summed E-state index contributed by atoms with van der Waals surface area (Å²) in [7, 11) is -1.66. The van der Waals surface area contributed by atoms with E-state index in [1.807, 2.05) is 27.0 Å². The van der Waals surface area contributed by atoms with E-state index in [0.29, 0.717) is 36.0 Å². The molecule has 148 valence electrons. The van der Waals surface area contributed by atoms with Gasteiger partial charge in [-0.25, -0.2) is 8.42 Å². The smallest absolute Gasteiger partial charge is 0.264 e. The van der Waals surface area contributed by atoms with Crippen molar-refractivity contribution in [3.8, 4) is 0 Å². The highest BCUT2D eigenvalue weighted by atomic mass is 32.2. The van der Waals surface area contributed by atoms with Crippen LogP contribution in [0.4, 0.5) is 0 Å². The second kappa shape index (κ2) is 6.98. The van der Waals surface area contributed by atoms with Crippen LogP contribution >= 0.6 is 11.3 Å². The fourth-order valence-electron chi connectivity index (χ4n) is 3.46. The molecular formula is C19H22N4O3S2. The lowest BCUT2D eigenvalue weighted by Gasteiger charge is -2.33. The monoisotopic (exact) mass is 418 g/mol. The molecule has 9 heteroatoms. The van der Waals surface area contributed by atoms with E-state index < -0.39 is 10.0 Å². The predicted octanol–water partition coefficient (Wildman–Crippen LogP) is 2.40. The first kappa shape index (κ1) is 19.1. The molecule has 28 heavy (non-hydrogen) atoms. The van der Waals surface area contributed by atoms with Gasteiger partial charge in [0.15, 0.2) is 0 Å². The molecule has 0 bridgehead atoms. The first-order valence-corrected chi connectivity index (χ1v) is 11.3. The lowest BCUT2D eigenvalue weighted by molar-refractivity contribution is 0.0703. The van der Waals surface area contributed by atoms with Gasteiger partial charge in [0.05, 0.1) is 15.5 Å². The number of hydrogen-bond donors (Lipinski definition) is 0. The zero-order valence-corrected chi connectivity index (χ0v) is 17.7. The standard InChI is InChI=1S/C19H22N4O3S2/c1-13-4-6-15(7-5-13)28(25,26)23-10-8-22(9-11-23)18(24)17-12-16-14(2)20-21(3)19(16)27-17/h4-7,12H,8-11H2,1-3H3. The molecule has 3 heterocycles. The van der Waals surface area contributed by atoms with Crippen LogP contribution in [-0.4, -0.2) is 59.5 Å². The molecule has 3 aromatic rings. The number of thiophene rings is 1. The van der Waals surface area contributed by atoms with Crippen LogP contribution < -0.4 is 0 Å². The number of nitrogens with zero attached hydrogens (tertiary/aromatic N) is 4. The van der Waals surface area contributed by atoms with Gasteiger partial charge in [-0.1, -0.05) is 17.7 Å². The number of rotatable bonds is 3. The van der Waals surface area contributed by atoms with Crippen molar-refractivity contribution in [3.63, 3.8) is 0 Å². The molecule has 0 aliphatic carbocycles. The van der Waals surface area contributed by atoms with Crippen LogP contribution in [0.1, 0.15) is 20.9 Å². The number of fused-ring (bicyclic) bond motifs is 1. The van der Waals surface area contributed by atoms with Gasteiger partial charge in [-0.2, -0.15) is 9.40 Å². The van der Waals surface area contributed by atoms with Crippen LogP contribution in [0.3, 0.4) is 0 Å². The molecule has 0 atom stereocenters. The molecule has 4 rings (SSSR count). The molecule has 1 aliphatic rings. The summed E-state index contributed by atoms with van der Waals surface area (Å²) in [6.07, 6.45) is 0. The Kier molecular flexibility index (Phi) is 4.76. The first-order chi connectivity index (χ1) is 13.3. The fourth-order valence-corrected chi connectivity index (χ4v) is 5.97. The zero-order chi connectivity index (χ0) is 20.1. The van der Waals surface area contributed by atoms with Crippen LogP contribution in [0, 0.1) is 13.8 Å².